The Kier molecular flexibility index (Phi) is 6.77. The van der Waals surface area contributed by atoms with Gasteiger partial charge in [-0.15, -0.1) is 0 Å². The maximum absolute atomic E-state index is 13.4. The molecule has 194 valence electrons. The van der Waals surface area contributed by atoms with E-state index in [9.17, 15) is 23.1 Å². The molecule has 37 heavy (non-hydrogen) atoms. The van der Waals surface area contributed by atoms with Gasteiger partial charge >= 0.3 is 0 Å². The highest BCUT2D eigenvalue weighted by atomic mass is 32.2. The Morgan fingerprint density at radius 2 is 2.05 bits per heavy atom. The summed E-state index contributed by atoms with van der Waals surface area (Å²) in [5.74, 6) is -0.865. The Hall–Kier alpha value is -3.85. The van der Waals surface area contributed by atoms with Gasteiger partial charge in [0.05, 0.1) is 23.0 Å². The van der Waals surface area contributed by atoms with E-state index in [2.05, 4.69) is 15.2 Å². The summed E-state index contributed by atoms with van der Waals surface area (Å²) in [6.07, 6.45) is 1.76. The lowest BCUT2D eigenvalue weighted by molar-refractivity contribution is -0.00312. The van der Waals surface area contributed by atoms with Crippen molar-refractivity contribution < 1.29 is 27.9 Å². The predicted molar refractivity (Wildman–Crippen MR) is 131 cm³/mol. The van der Waals surface area contributed by atoms with Gasteiger partial charge in [0.15, 0.2) is 20.3 Å². The monoisotopic (exact) mass is 525 g/mol. The van der Waals surface area contributed by atoms with Crippen molar-refractivity contribution in [1.29, 1.82) is 5.26 Å². The first-order chi connectivity index (χ1) is 17.5. The van der Waals surface area contributed by atoms with Crippen molar-refractivity contribution in [2.75, 3.05) is 19.7 Å². The number of carbonyl (C=O) groups excluding carboxylic acids is 2. The number of nitriles is 1. The van der Waals surface area contributed by atoms with E-state index in [1.807, 2.05) is 6.07 Å². The highest BCUT2D eigenvalue weighted by molar-refractivity contribution is 7.95. The molecule has 2 aromatic rings. The van der Waals surface area contributed by atoms with Crippen LogP contribution in [-0.2, 0) is 29.9 Å². The molecule has 12 nitrogen and oxygen atoms in total. The number of fused-ring (bicyclic) bond motifs is 1. The summed E-state index contributed by atoms with van der Waals surface area (Å²) >= 11 is 0. The van der Waals surface area contributed by atoms with Gasteiger partial charge in [-0.1, -0.05) is 12.1 Å². The first kappa shape index (κ1) is 26.2. The number of hydrogen-bond acceptors (Lipinski definition) is 7. The van der Waals surface area contributed by atoms with Crippen LogP contribution in [0.25, 0.3) is 5.53 Å². The van der Waals surface area contributed by atoms with Crippen molar-refractivity contribution >= 4 is 27.9 Å². The molecule has 2 N–H and O–H groups in total. The average molecular weight is 526 g/mol. The highest BCUT2D eigenvalue weighted by Gasteiger charge is 2.63. The maximum atomic E-state index is 13.4. The van der Waals surface area contributed by atoms with E-state index in [1.165, 1.54) is 16.5 Å². The lowest BCUT2D eigenvalue weighted by atomic mass is 10.0. The van der Waals surface area contributed by atoms with Crippen molar-refractivity contribution in [3.63, 3.8) is 0 Å². The van der Waals surface area contributed by atoms with Crippen molar-refractivity contribution in [2.45, 2.75) is 42.2 Å². The van der Waals surface area contributed by atoms with Crippen molar-refractivity contribution in [2.24, 2.45) is 7.05 Å². The summed E-state index contributed by atoms with van der Waals surface area (Å²) in [4.78, 5) is 30.6. The largest absolute Gasteiger partial charge is 0.394 e. The smallest absolute Gasteiger partial charge is 0.280 e. The molecule has 2 heterocycles. The van der Waals surface area contributed by atoms with Gasteiger partial charge in [0.2, 0.25) is 0 Å². The van der Waals surface area contributed by atoms with E-state index in [1.54, 1.807) is 31.3 Å². The van der Waals surface area contributed by atoms with E-state index in [-0.39, 0.29) is 31.0 Å². The standard InChI is InChI=1S/C24H27N7O5S/c1-23(15-32,13-28-26)37(35,36)24(8-9-24)14-31-10-7-18-19(29-30(2)20(18)22(31)34)21(33)27-12-17-5-3-16(11-25)4-6-17/h3-6,13,32H,7-10,12,14-15H2,1-2H3,(H,27,33). The lowest BCUT2D eigenvalue weighted by Crippen LogP contribution is -2.53. The fourth-order valence-corrected chi connectivity index (χ4v) is 6.99. The van der Waals surface area contributed by atoms with Gasteiger partial charge < -0.3 is 20.9 Å². The molecular weight excluding hydrogens is 498 g/mol. The Bertz CT molecular complexity index is 1450. The van der Waals surface area contributed by atoms with E-state index >= 15 is 0 Å². The Morgan fingerprint density at radius 1 is 1.38 bits per heavy atom. The Balaban J connectivity index is 1.51. The number of nitrogens with one attached hydrogen (secondary N) is 1. The molecule has 4 rings (SSSR count). The Morgan fingerprint density at radius 3 is 2.62 bits per heavy atom. The van der Waals surface area contributed by atoms with Crippen LogP contribution in [-0.4, -0.2) is 80.2 Å². The molecule has 1 saturated carbocycles. The molecule has 0 radical (unpaired) electrons. The van der Waals surface area contributed by atoms with Crippen LogP contribution in [0.1, 0.15) is 57.4 Å². The number of aliphatic hydroxyl groups is 1. The van der Waals surface area contributed by atoms with E-state index < -0.39 is 37.8 Å². The number of aromatic nitrogens is 2. The molecule has 0 spiro atoms. The third kappa shape index (κ3) is 4.44. The van der Waals surface area contributed by atoms with Crippen molar-refractivity contribution in [3.8, 4) is 6.07 Å². The van der Waals surface area contributed by atoms with Gasteiger partial charge in [-0.2, -0.15) is 15.2 Å². The quantitative estimate of drug-likeness (QED) is 0.267. The zero-order valence-electron chi connectivity index (χ0n) is 20.5. The van der Waals surface area contributed by atoms with Gasteiger partial charge in [-0.25, -0.2) is 8.42 Å². The zero-order chi connectivity index (χ0) is 27.0. The molecule has 0 bridgehead atoms. The second-order valence-corrected chi connectivity index (χ2v) is 12.5. The number of rotatable bonds is 9. The number of aliphatic hydroxyl groups excluding tert-OH is 1. The third-order valence-corrected chi connectivity index (χ3v) is 10.3. The summed E-state index contributed by atoms with van der Waals surface area (Å²) in [6, 6.07) is 8.83. The predicted octanol–water partition coefficient (Wildman–Crippen LogP) is 0.219. The molecule has 1 unspecified atom stereocenters. The summed E-state index contributed by atoms with van der Waals surface area (Å²) in [7, 11) is -2.46. The number of carbonyl (C=O) groups is 2. The van der Waals surface area contributed by atoms with Gasteiger partial charge in [0.25, 0.3) is 18.0 Å². The molecular formula is C24H27N7O5S. The van der Waals surface area contributed by atoms with Gasteiger partial charge in [-0.3, -0.25) is 14.3 Å². The molecule has 0 saturated heterocycles. The van der Waals surface area contributed by atoms with Crippen molar-refractivity contribution in [3.05, 3.63) is 57.9 Å². The number of hydrogen-bond donors (Lipinski definition) is 2. The number of nitrogens with zero attached hydrogens (tertiary/aromatic N) is 6. The molecule has 13 heteroatoms. The first-order valence-corrected chi connectivity index (χ1v) is 13.2. The van der Waals surface area contributed by atoms with E-state index in [0.29, 0.717) is 30.4 Å². The topological polar surface area (TPSA) is 182 Å². The molecule has 2 amide bonds. The first-order valence-electron chi connectivity index (χ1n) is 11.7. The second-order valence-electron chi connectivity index (χ2n) is 9.67. The van der Waals surface area contributed by atoms with E-state index in [0.717, 1.165) is 11.8 Å². The number of benzene rings is 1. The molecule has 1 aromatic carbocycles. The maximum Gasteiger partial charge on any atom is 0.280 e. The summed E-state index contributed by atoms with van der Waals surface area (Å²) in [5.41, 5.74) is 11.1. The minimum absolute atomic E-state index is 0.0755. The normalized spacial score (nSPS) is 17.7. The lowest BCUT2D eigenvalue weighted by Gasteiger charge is -2.33. The molecule has 2 aliphatic rings. The van der Waals surface area contributed by atoms with Crippen LogP contribution in [0.5, 0.6) is 0 Å². The minimum atomic E-state index is -4.02. The fourth-order valence-electron chi connectivity index (χ4n) is 4.68. The van der Waals surface area contributed by atoms with Crippen LogP contribution in [0.15, 0.2) is 24.3 Å². The van der Waals surface area contributed by atoms with Crippen LogP contribution in [0.2, 0.25) is 0 Å². The Labute approximate surface area is 214 Å². The molecule has 1 aliphatic carbocycles. The van der Waals surface area contributed by atoms with Gasteiger partial charge in [0, 0.05) is 32.2 Å². The molecule has 1 aliphatic heterocycles. The molecule has 1 aromatic heterocycles. The second kappa shape index (κ2) is 9.55. The summed E-state index contributed by atoms with van der Waals surface area (Å²) in [5, 5.41) is 25.7. The van der Waals surface area contributed by atoms with E-state index in [4.69, 9.17) is 10.8 Å². The average Bonchev–Trinajstić information content (AvgIpc) is 3.60. The van der Waals surface area contributed by atoms with Crippen LogP contribution < -0.4 is 5.32 Å². The summed E-state index contributed by atoms with van der Waals surface area (Å²) in [6.45, 7) is 0.865. The van der Waals surface area contributed by atoms with Crippen LogP contribution >= 0.6 is 0 Å². The SMILES string of the molecule is Cn1nc(C(=O)NCc2ccc(C#N)cc2)c2c1C(=O)N(CC1(S(=O)(=O)C(C)(C=[N+]=[N-])CO)CC1)CC2. The fraction of sp³-hybridized carbons (Fsp3) is 0.458. The third-order valence-electron chi connectivity index (χ3n) is 7.13. The number of aryl methyl sites for hydroxylation is 1. The van der Waals surface area contributed by atoms with Crippen LogP contribution in [0.3, 0.4) is 0 Å². The molecule has 1 fully saturated rings. The zero-order valence-corrected chi connectivity index (χ0v) is 21.3. The van der Waals surface area contributed by atoms with Gasteiger partial charge in [-0.05, 0) is 43.9 Å². The van der Waals surface area contributed by atoms with Crippen molar-refractivity contribution in [1.82, 2.24) is 20.0 Å². The van der Waals surface area contributed by atoms with Gasteiger partial charge in [0.1, 0.15) is 5.69 Å². The number of amides is 2. The van der Waals surface area contributed by atoms with Crippen LogP contribution in [0, 0.1) is 11.3 Å². The minimum Gasteiger partial charge on any atom is -0.394 e. The highest BCUT2D eigenvalue weighted by Crippen LogP contribution is 2.48. The number of sulfone groups is 1. The summed E-state index contributed by atoms with van der Waals surface area (Å²) < 4.78 is 25.1. The van der Waals surface area contributed by atoms with Crippen LogP contribution in [0.4, 0.5) is 0 Å². The molecule has 1 atom stereocenters.